The molecule has 84 valence electrons. The third-order valence-corrected chi connectivity index (χ3v) is 2.25. The number of aliphatic hydroxyl groups excluding tert-OH is 1. The lowest BCUT2D eigenvalue weighted by Crippen LogP contribution is -1.92. The molecule has 0 bridgehead atoms. The van der Waals surface area contributed by atoms with Gasteiger partial charge in [0, 0.05) is 12.0 Å². The molecule has 0 radical (unpaired) electrons. The van der Waals surface area contributed by atoms with E-state index in [9.17, 15) is 5.11 Å². The molecule has 5 nitrogen and oxygen atoms in total. The van der Waals surface area contributed by atoms with Gasteiger partial charge in [-0.1, -0.05) is 5.16 Å². The van der Waals surface area contributed by atoms with Gasteiger partial charge in [-0.2, -0.15) is 4.98 Å². The summed E-state index contributed by atoms with van der Waals surface area (Å²) in [6, 6.07) is 5.06. The molecule has 0 aliphatic rings. The Kier molecular flexibility index (Phi) is 2.87. The number of nitrogens with zero attached hydrogens (tertiary/aromatic N) is 2. The van der Waals surface area contributed by atoms with Gasteiger partial charge in [-0.15, -0.1) is 0 Å². The first kappa shape index (κ1) is 10.6. The fourth-order valence-electron chi connectivity index (χ4n) is 1.36. The van der Waals surface area contributed by atoms with Crippen LogP contribution in [-0.4, -0.2) is 27.0 Å². The highest BCUT2D eigenvalue weighted by molar-refractivity contribution is 5.56. The molecule has 2 rings (SSSR count). The van der Waals surface area contributed by atoms with E-state index in [-0.39, 0.29) is 12.4 Å². The normalized spacial score (nSPS) is 10.6. The van der Waals surface area contributed by atoms with E-state index in [1.54, 1.807) is 25.1 Å². The zero-order valence-electron chi connectivity index (χ0n) is 8.84. The first-order valence-corrected chi connectivity index (χ1v) is 4.94. The standard InChI is InChI=1S/C11H12N2O3/c1-7-6-8(2-3-9(7)15)11-12-10(4-5-14)13-16-11/h2-3,6,14-15H,4-5H2,1H3. The summed E-state index contributed by atoms with van der Waals surface area (Å²) < 4.78 is 5.04. The van der Waals surface area contributed by atoms with Crippen LogP contribution in [0.3, 0.4) is 0 Å². The highest BCUT2D eigenvalue weighted by Crippen LogP contribution is 2.23. The molecule has 5 heteroatoms. The van der Waals surface area contributed by atoms with Gasteiger partial charge in [0.1, 0.15) is 5.75 Å². The average molecular weight is 220 g/mol. The van der Waals surface area contributed by atoms with Crippen molar-refractivity contribution in [1.29, 1.82) is 0 Å². The number of phenols is 1. The smallest absolute Gasteiger partial charge is 0.257 e. The van der Waals surface area contributed by atoms with E-state index in [1.165, 1.54) is 0 Å². The first-order valence-electron chi connectivity index (χ1n) is 4.94. The van der Waals surface area contributed by atoms with Gasteiger partial charge in [0.25, 0.3) is 5.89 Å². The van der Waals surface area contributed by atoms with Crippen LogP contribution in [0.1, 0.15) is 11.4 Å². The van der Waals surface area contributed by atoms with Gasteiger partial charge in [-0.3, -0.25) is 0 Å². The van der Waals surface area contributed by atoms with Crippen LogP contribution >= 0.6 is 0 Å². The topological polar surface area (TPSA) is 79.4 Å². The molecular formula is C11H12N2O3. The van der Waals surface area contributed by atoms with E-state index >= 15 is 0 Å². The third kappa shape index (κ3) is 2.04. The van der Waals surface area contributed by atoms with Crippen LogP contribution in [0.4, 0.5) is 0 Å². The summed E-state index contributed by atoms with van der Waals surface area (Å²) in [4.78, 5) is 4.12. The van der Waals surface area contributed by atoms with E-state index in [1.807, 2.05) is 0 Å². The van der Waals surface area contributed by atoms with Gasteiger partial charge < -0.3 is 14.7 Å². The largest absolute Gasteiger partial charge is 0.508 e. The Balaban J connectivity index is 2.31. The van der Waals surface area contributed by atoms with Crippen molar-refractivity contribution in [3.05, 3.63) is 29.6 Å². The summed E-state index contributed by atoms with van der Waals surface area (Å²) in [5.74, 6) is 1.11. The van der Waals surface area contributed by atoms with Gasteiger partial charge in [0.15, 0.2) is 5.82 Å². The Hall–Kier alpha value is -1.88. The van der Waals surface area contributed by atoms with Crippen LogP contribution in [0.25, 0.3) is 11.5 Å². The van der Waals surface area contributed by atoms with Crippen molar-refractivity contribution >= 4 is 0 Å². The number of aromatic nitrogens is 2. The van der Waals surface area contributed by atoms with Gasteiger partial charge in [0.2, 0.25) is 0 Å². The molecule has 1 heterocycles. The van der Waals surface area contributed by atoms with E-state index in [2.05, 4.69) is 10.1 Å². The summed E-state index contributed by atoms with van der Waals surface area (Å²) >= 11 is 0. The number of rotatable bonds is 3. The molecule has 16 heavy (non-hydrogen) atoms. The maximum atomic E-state index is 9.38. The number of hydrogen-bond acceptors (Lipinski definition) is 5. The van der Waals surface area contributed by atoms with Crippen LogP contribution in [0.5, 0.6) is 5.75 Å². The lowest BCUT2D eigenvalue weighted by atomic mass is 10.1. The monoisotopic (exact) mass is 220 g/mol. The Labute approximate surface area is 92.4 Å². The predicted octanol–water partition coefficient (Wildman–Crippen LogP) is 1.29. The van der Waals surface area contributed by atoms with Crippen molar-refractivity contribution < 1.29 is 14.7 Å². The second-order valence-corrected chi connectivity index (χ2v) is 3.49. The molecule has 0 fully saturated rings. The van der Waals surface area contributed by atoms with Gasteiger partial charge in [-0.25, -0.2) is 0 Å². The highest BCUT2D eigenvalue weighted by Gasteiger charge is 2.09. The molecule has 0 aliphatic carbocycles. The Morgan fingerprint density at radius 1 is 1.38 bits per heavy atom. The molecule has 2 N–H and O–H groups in total. The highest BCUT2D eigenvalue weighted by atomic mass is 16.5. The zero-order valence-corrected chi connectivity index (χ0v) is 8.84. The van der Waals surface area contributed by atoms with Gasteiger partial charge >= 0.3 is 0 Å². The van der Waals surface area contributed by atoms with Crippen LogP contribution in [0, 0.1) is 6.92 Å². The number of phenolic OH excluding ortho intramolecular Hbond substituents is 1. The summed E-state index contributed by atoms with van der Waals surface area (Å²) in [5, 5.41) is 21.8. The number of benzene rings is 1. The van der Waals surface area contributed by atoms with Crippen LogP contribution in [-0.2, 0) is 6.42 Å². The Morgan fingerprint density at radius 3 is 2.88 bits per heavy atom. The molecule has 0 saturated heterocycles. The van der Waals surface area contributed by atoms with Crippen molar-refractivity contribution in [1.82, 2.24) is 10.1 Å². The van der Waals surface area contributed by atoms with Crippen LogP contribution in [0.2, 0.25) is 0 Å². The van der Waals surface area contributed by atoms with Crippen LogP contribution in [0.15, 0.2) is 22.7 Å². The summed E-state index contributed by atoms with van der Waals surface area (Å²) in [6.07, 6.45) is 0.376. The Bertz CT molecular complexity index is 494. The predicted molar refractivity (Wildman–Crippen MR) is 56.9 cm³/mol. The van der Waals surface area contributed by atoms with Gasteiger partial charge in [-0.05, 0) is 30.7 Å². The van der Waals surface area contributed by atoms with Crippen LogP contribution < -0.4 is 0 Å². The quantitative estimate of drug-likeness (QED) is 0.814. The minimum Gasteiger partial charge on any atom is -0.508 e. The van der Waals surface area contributed by atoms with Crippen molar-refractivity contribution in [3.63, 3.8) is 0 Å². The van der Waals surface area contributed by atoms with E-state index in [4.69, 9.17) is 9.63 Å². The van der Waals surface area contributed by atoms with E-state index in [0.29, 0.717) is 18.1 Å². The molecule has 1 aromatic heterocycles. The number of hydrogen-bond donors (Lipinski definition) is 2. The van der Waals surface area contributed by atoms with Gasteiger partial charge in [0.05, 0.1) is 6.61 Å². The molecule has 0 aliphatic heterocycles. The first-order chi connectivity index (χ1) is 7.70. The lowest BCUT2D eigenvalue weighted by molar-refractivity contribution is 0.293. The molecule has 0 unspecified atom stereocenters. The second-order valence-electron chi connectivity index (χ2n) is 3.49. The maximum Gasteiger partial charge on any atom is 0.257 e. The van der Waals surface area contributed by atoms with Crippen molar-refractivity contribution in [2.45, 2.75) is 13.3 Å². The minimum atomic E-state index is -0.00637. The lowest BCUT2D eigenvalue weighted by Gasteiger charge is -1.99. The van der Waals surface area contributed by atoms with Crippen molar-refractivity contribution in [2.24, 2.45) is 0 Å². The zero-order chi connectivity index (χ0) is 11.5. The fraction of sp³-hybridized carbons (Fsp3) is 0.273. The molecule has 0 amide bonds. The molecule has 0 atom stereocenters. The fourth-order valence-corrected chi connectivity index (χ4v) is 1.36. The maximum absolute atomic E-state index is 9.38. The number of aliphatic hydroxyl groups is 1. The summed E-state index contributed by atoms with van der Waals surface area (Å²) in [7, 11) is 0. The summed E-state index contributed by atoms with van der Waals surface area (Å²) in [6.45, 7) is 1.79. The SMILES string of the molecule is Cc1cc(-c2nc(CCO)no2)ccc1O. The third-order valence-electron chi connectivity index (χ3n) is 2.25. The Morgan fingerprint density at radius 2 is 2.19 bits per heavy atom. The van der Waals surface area contributed by atoms with E-state index in [0.717, 1.165) is 11.1 Å². The summed E-state index contributed by atoms with van der Waals surface area (Å²) in [5.41, 5.74) is 1.51. The molecular weight excluding hydrogens is 208 g/mol. The molecule has 0 spiro atoms. The molecule has 0 saturated carbocycles. The second kappa shape index (κ2) is 4.32. The van der Waals surface area contributed by atoms with Crippen molar-refractivity contribution in [3.8, 4) is 17.2 Å². The number of aryl methyl sites for hydroxylation is 1. The molecule has 2 aromatic rings. The molecule has 1 aromatic carbocycles. The minimum absolute atomic E-state index is 0.00637. The van der Waals surface area contributed by atoms with Crippen molar-refractivity contribution in [2.75, 3.05) is 6.61 Å². The number of aromatic hydroxyl groups is 1. The van der Waals surface area contributed by atoms with E-state index < -0.39 is 0 Å². The average Bonchev–Trinajstić information content (AvgIpc) is 2.71.